The Kier molecular flexibility index (Phi) is 7.05. The summed E-state index contributed by atoms with van der Waals surface area (Å²) in [5, 5.41) is 2.80. The van der Waals surface area contributed by atoms with Crippen molar-refractivity contribution in [2.24, 2.45) is 5.92 Å². The molecule has 1 aliphatic heterocycles. The van der Waals surface area contributed by atoms with E-state index in [-0.39, 0.29) is 30.4 Å². The Bertz CT molecular complexity index is 701. The molecule has 0 aromatic heterocycles. The van der Waals surface area contributed by atoms with Gasteiger partial charge in [0, 0.05) is 31.7 Å². The standard InChI is InChI=1S/C21H31N3O4/c1-15-6-8-17(9-7-15)22-18(25)14-23(5)19(26)16-10-12-24(13-11-16)20(27)28-21(2,3)4/h6-9,16H,10-14H2,1-5H3,(H,22,25). The molecule has 1 N–H and O–H groups in total. The van der Waals surface area contributed by atoms with Crippen molar-refractivity contribution >= 4 is 23.6 Å². The number of ether oxygens (including phenoxy) is 1. The number of hydrogen-bond acceptors (Lipinski definition) is 4. The van der Waals surface area contributed by atoms with Crippen LogP contribution in [0.25, 0.3) is 0 Å². The summed E-state index contributed by atoms with van der Waals surface area (Å²) in [5.74, 6) is -0.482. The zero-order valence-electron chi connectivity index (χ0n) is 17.4. The molecule has 0 bridgehead atoms. The van der Waals surface area contributed by atoms with Gasteiger partial charge in [-0.1, -0.05) is 17.7 Å². The van der Waals surface area contributed by atoms with E-state index in [1.54, 1.807) is 11.9 Å². The lowest BCUT2D eigenvalue weighted by Crippen LogP contribution is -2.46. The molecule has 0 unspecified atom stereocenters. The number of carbonyl (C=O) groups is 3. The highest BCUT2D eigenvalue weighted by molar-refractivity contribution is 5.94. The van der Waals surface area contributed by atoms with Crippen molar-refractivity contribution in [1.82, 2.24) is 9.80 Å². The van der Waals surface area contributed by atoms with Crippen molar-refractivity contribution in [3.05, 3.63) is 29.8 Å². The third-order valence-corrected chi connectivity index (χ3v) is 4.59. The van der Waals surface area contributed by atoms with E-state index in [4.69, 9.17) is 4.74 Å². The Morgan fingerprint density at radius 1 is 1.14 bits per heavy atom. The molecule has 1 aromatic carbocycles. The SMILES string of the molecule is Cc1ccc(NC(=O)CN(C)C(=O)C2CCN(C(=O)OC(C)(C)C)CC2)cc1. The molecule has 1 aromatic rings. The molecular weight excluding hydrogens is 358 g/mol. The number of benzene rings is 1. The van der Waals surface area contributed by atoms with Crippen LogP contribution in [0.15, 0.2) is 24.3 Å². The molecule has 3 amide bonds. The zero-order valence-corrected chi connectivity index (χ0v) is 17.4. The van der Waals surface area contributed by atoms with Gasteiger partial charge in [-0.2, -0.15) is 0 Å². The number of rotatable bonds is 4. The molecule has 0 radical (unpaired) electrons. The molecule has 28 heavy (non-hydrogen) atoms. The topological polar surface area (TPSA) is 79.0 Å². The average Bonchev–Trinajstić information content (AvgIpc) is 2.61. The van der Waals surface area contributed by atoms with Crippen LogP contribution in [0.1, 0.15) is 39.2 Å². The summed E-state index contributed by atoms with van der Waals surface area (Å²) in [6, 6.07) is 7.51. The molecule has 1 fully saturated rings. The Labute approximate surface area is 167 Å². The van der Waals surface area contributed by atoms with Crippen molar-refractivity contribution in [3.63, 3.8) is 0 Å². The van der Waals surface area contributed by atoms with Gasteiger partial charge in [-0.05, 0) is 52.7 Å². The van der Waals surface area contributed by atoms with E-state index in [9.17, 15) is 14.4 Å². The Balaban J connectivity index is 1.79. The number of aryl methyl sites for hydroxylation is 1. The number of anilines is 1. The lowest BCUT2D eigenvalue weighted by atomic mass is 9.95. The second kappa shape index (κ2) is 9.08. The van der Waals surface area contributed by atoms with Crippen LogP contribution in [0.4, 0.5) is 10.5 Å². The largest absolute Gasteiger partial charge is 0.444 e. The zero-order chi connectivity index (χ0) is 20.9. The van der Waals surface area contributed by atoms with Crippen molar-refractivity contribution in [2.75, 3.05) is 32.0 Å². The molecular formula is C21H31N3O4. The number of hydrogen-bond donors (Lipinski definition) is 1. The molecule has 1 saturated heterocycles. The normalized spacial score (nSPS) is 15.1. The first kappa shape index (κ1) is 21.7. The summed E-state index contributed by atoms with van der Waals surface area (Å²) in [5.41, 5.74) is 1.29. The predicted octanol–water partition coefficient (Wildman–Crippen LogP) is 3.04. The van der Waals surface area contributed by atoms with Crippen LogP contribution in [0.5, 0.6) is 0 Å². The fourth-order valence-electron chi connectivity index (χ4n) is 3.08. The Hall–Kier alpha value is -2.57. The molecule has 0 saturated carbocycles. The first-order valence-electron chi connectivity index (χ1n) is 9.64. The van der Waals surface area contributed by atoms with E-state index in [1.807, 2.05) is 52.0 Å². The third-order valence-electron chi connectivity index (χ3n) is 4.59. The number of nitrogens with zero attached hydrogens (tertiary/aromatic N) is 2. The molecule has 2 rings (SSSR count). The van der Waals surface area contributed by atoms with Crippen LogP contribution in [-0.4, -0.2) is 60.0 Å². The highest BCUT2D eigenvalue weighted by Gasteiger charge is 2.31. The number of amides is 3. The van der Waals surface area contributed by atoms with Crippen molar-refractivity contribution in [3.8, 4) is 0 Å². The molecule has 154 valence electrons. The minimum atomic E-state index is -0.533. The second-order valence-electron chi connectivity index (χ2n) is 8.35. The second-order valence-corrected chi connectivity index (χ2v) is 8.35. The number of nitrogens with one attached hydrogen (secondary N) is 1. The average molecular weight is 389 g/mol. The number of piperidine rings is 1. The highest BCUT2D eigenvalue weighted by Crippen LogP contribution is 2.21. The van der Waals surface area contributed by atoms with Crippen LogP contribution < -0.4 is 5.32 Å². The Morgan fingerprint density at radius 3 is 2.25 bits per heavy atom. The van der Waals surface area contributed by atoms with Crippen LogP contribution in [-0.2, 0) is 14.3 Å². The fraction of sp³-hybridized carbons (Fsp3) is 0.571. The van der Waals surface area contributed by atoms with Gasteiger partial charge < -0.3 is 19.9 Å². The van der Waals surface area contributed by atoms with E-state index >= 15 is 0 Å². The van der Waals surface area contributed by atoms with E-state index in [0.717, 1.165) is 5.56 Å². The van der Waals surface area contributed by atoms with E-state index < -0.39 is 5.60 Å². The maximum absolute atomic E-state index is 12.6. The highest BCUT2D eigenvalue weighted by atomic mass is 16.6. The van der Waals surface area contributed by atoms with E-state index in [2.05, 4.69) is 5.32 Å². The third kappa shape index (κ3) is 6.55. The van der Waals surface area contributed by atoms with Gasteiger partial charge in [0.25, 0.3) is 0 Å². The smallest absolute Gasteiger partial charge is 0.410 e. The van der Waals surface area contributed by atoms with Crippen molar-refractivity contribution in [1.29, 1.82) is 0 Å². The molecule has 0 aliphatic carbocycles. The van der Waals surface area contributed by atoms with Gasteiger partial charge in [0.05, 0.1) is 6.54 Å². The maximum atomic E-state index is 12.6. The molecule has 7 nitrogen and oxygen atoms in total. The van der Waals surface area contributed by atoms with E-state index in [1.165, 1.54) is 4.90 Å². The first-order valence-corrected chi connectivity index (χ1v) is 9.64. The van der Waals surface area contributed by atoms with Crippen molar-refractivity contribution < 1.29 is 19.1 Å². The van der Waals surface area contributed by atoms with Gasteiger partial charge in [-0.25, -0.2) is 4.79 Å². The van der Waals surface area contributed by atoms with Gasteiger partial charge in [-0.15, -0.1) is 0 Å². The van der Waals surface area contributed by atoms with E-state index in [0.29, 0.717) is 31.6 Å². The summed E-state index contributed by atoms with van der Waals surface area (Å²) in [6.07, 6.45) is 0.800. The van der Waals surface area contributed by atoms with Crippen LogP contribution in [0.2, 0.25) is 0 Å². The number of likely N-dealkylation sites (N-methyl/N-ethyl adjacent to an activating group) is 1. The number of likely N-dealkylation sites (tertiary alicyclic amines) is 1. The van der Waals surface area contributed by atoms with Crippen LogP contribution in [0.3, 0.4) is 0 Å². The lowest BCUT2D eigenvalue weighted by Gasteiger charge is -2.34. The van der Waals surface area contributed by atoms with Gasteiger partial charge >= 0.3 is 6.09 Å². The summed E-state index contributed by atoms with van der Waals surface area (Å²) in [4.78, 5) is 40.1. The summed E-state index contributed by atoms with van der Waals surface area (Å²) in [7, 11) is 1.64. The van der Waals surface area contributed by atoms with Gasteiger partial charge in [-0.3, -0.25) is 9.59 Å². The van der Waals surface area contributed by atoms with Crippen LogP contribution >= 0.6 is 0 Å². The Morgan fingerprint density at radius 2 is 1.71 bits per heavy atom. The summed E-state index contributed by atoms with van der Waals surface area (Å²) in [6.45, 7) is 8.43. The quantitative estimate of drug-likeness (QED) is 0.858. The molecule has 1 heterocycles. The van der Waals surface area contributed by atoms with Gasteiger partial charge in [0.15, 0.2) is 0 Å². The minimum absolute atomic E-state index is 0.00100. The minimum Gasteiger partial charge on any atom is -0.444 e. The molecule has 0 spiro atoms. The summed E-state index contributed by atoms with van der Waals surface area (Å²) < 4.78 is 5.38. The van der Waals surface area contributed by atoms with Gasteiger partial charge in [0.2, 0.25) is 11.8 Å². The van der Waals surface area contributed by atoms with Gasteiger partial charge in [0.1, 0.15) is 5.60 Å². The first-order chi connectivity index (χ1) is 13.0. The number of carbonyl (C=O) groups excluding carboxylic acids is 3. The summed E-state index contributed by atoms with van der Waals surface area (Å²) >= 11 is 0. The molecule has 0 atom stereocenters. The monoisotopic (exact) mass is 389 g/mol. The van der Waals surface area contributed by atoms with Crippen LogP contribution in [0, 0.1) is 12.8 Å². The molecule has 1 aliphatic rings. The maximum Gasteiger partial charge on any atom is 0.410 e. The fourth-order valence-corrected chi connectivity index (χ4v) is 3.08. The lowest BCUT2D eigenvalue weighted by molar-refractivity contribution is -0.138. The van der Waals surface area contributed by atoms with Crippen molar-refractivity contribution in [2.45, 2.75) is 46.1 Å². The predicted molar refractivity (Wildman–Crippen MR) is 108 cm³/mol. The molecule has 7 heteroatoms.